The van der Waals surface area contributed by atoms with E-state index in [1.54, 1.807) is 12.3 Å². The van der Waals surface area contributed by atoms with Crippen LogP contribution in [-0.4, -0.2) is 23.8 Å². The molecule has 0 spiro atoms. The third-order valence-corrected chi connectivity index (χ3v) is 2.47. The summed E-state index contributed by atoms with van der Waals surface area (Å²) in [6.07, 6.45) is 2.66. The highest BCUT2D eigenvalue weighted by Gasteiger charge is 2.11. The lowest BCUT2D eigenvalue weighted by Crippen LogP contribution is -2.25. The molecular formula is C11H16N4. The Kier molecular flexibility index (Phi) is 4.04. The van der Waals surface area contributed by atoms with Crippen molar-refractivity contribution >= 4 is 5.82 Å². The van der Waals surface area contributed by atoms with Crippen LogP contribution < -0.4 is 4.90 Å². The second-order valence-electron chi connectivity index (χ2n) is 3.77. The molecule has 0 fully saturated rings. The van der Waals surface area contributed by atoms with E-state index < -0.39 is 0 Å². The number of anilines is 1. The maximum Gasteiger partial charge on any atom is 0.168 e. The molecule has 0 saturated carbocycles. The van der Waals surface area contributed by atoms with Gasteiger partial charge in [-0.1, -0.05) is 20.3 Å². The van der Waals surface area contributed by atoms with Crippen molar-refractivity contribution in [3.63, 3.8) is 0 Å². The fourth-order valence-corrected chi connectivity index (χ4v) is 1.38. The van der Waals surface area contributed by atoms with Gasteiger partial charge in [-0.2, -0.15) is 10.4 Å². The lowest BCUT2D eigenvalue weighted by atomic mass is 10.1. The molecule has 0 bridgehead atoms. The fourth-order valence-electron chi connectivity index (χ4n) is 1.38. The molecule has 1 rings (SSSR count). The molecule has 4 nitrogen and oxygen atoms in total. The maximum absolute atomic E-state index is 8.91. The summed E-state index contributed by atoms with van der Waals surface area (Å²) < 4.78 is 0. The monoisotopic (exact) mass is 204 g/mol. The van der Waals surface area contributed by atoms with Crippen LogP contribution in [0.1, 0.15) is 25.8 Å². The van der Waals surface area contributed by atoms with E-state index in [4.69, 9.17) is 5.26 Å². The predicted octanol–water partition coefficient (Wildman–Crippen LogP) is 1.83. The van der Waals surface area contributed by atoms with Crippen LogP contribution in [0.4, 0.5) is 5.82 Å². The normalized spacial score (nSPS) is 11.9. The van der Waals surface area contributed by atoms with Gasteiger partial charge in [0.15, 0.2) is 5.82 Å². The predicted molar refractivity (Wildman–Crippen MR) is 59.5 cm³/mol. The Bertz CT molecular complexity index is 356. The van der Waals surface area contributed by atoms with Crippen molar-refractivity contribution in [2.75, 3.05) is 18.5 Å². The number of nitriles is 1. The largest absolute Gasteiger partial charge is 0.357 e. The van der Waals surface area contributed by atoms with Crippen molar-refractivity contribution in [2.24, 2.45) is 5.92 Å². The van der Waals surface area contributed by atoms with Gasteiger partial charge in [0.05, 0.1) is 11.8 Å². The summed E-state index contributed by atoms with van der Waals surface area (Å²) in [4.78, 5) is 1.99. The number of hydrogen-bond acceptors (Lipinski definition) is 4. The third-order valence-electron chi connectivity index (χ3n) is 2.47. The fraction of sp³-hybridized carbons (Fsp3) is 0.545. The van der Waals surface area contributed by atoms with E-state index in [2.05, 4.69) is 30.1 Å². The van der Waals surface area contributed by atoms with E-state index in [9.17, 15) is 0 Å². The number of rotatable bonds is 4. The van der Waals surface area contributed by atoms with E-state index in [0.29, 0.717) is 17.3 Å². The minimum atomic E-state index is 0.579. The summed E-state index contributed by atoms with van der Waals surface area (Å²) in [5.41, 5.74) is 0.579. The molecule has 0 radical (unpaired) electrons. The molecule has 0 saturated heterocycles. The number of nitrogens with zero attached hydrogens (tertiary/aromatic N) is 4. The van der Waals surface area contributed by atoms with Gasteiger partial charge in [-0.15, -0.1) is 5.10 Å². The van der Waals surface area contributed by atoms with Crippen LogP contribution in [0.15, 0.2) is 12.3 Å². The summed E-state index contributed by atoms with van der Waals surface area (Å²) in [6, 6.07) is 3.81. The molecule has 0 N–H and O–H groups in total. The van der Waals surface area contributed by atoms with Gasteiger partial charge in [0, 0.05) is 13.6 Å². The third kappa shape index (κ3) is 2.91. The molecule has 4 heteroatoms. The summed E-state index contributed by atoms with van der Waals surface area (Å²) in [6.45, 7) is 5.23. The van der Waals surface area contributed by atoms with Gasteiger partial charge >= 0.3 is 0 Å². The Morgan fingerprint density at radius 2 is 2.33 bits per heavy atom. The standard InChI is InChI=1S/C11H16N4/c1-4-9(2)8-15(3)11-10(7-12)5-6-13-14-11/h5-6,9H,4,8H2,1-3H3. The zero-order chi connectivity index (χ0) is 11.3. The zero-order valence-electron chi connectivity index (χ0n) is 9.44. The van der Waals surface area contributed by atoms with E-state index in [1.165, 1.54) is 0 Å². The topological polar surface area (TPSA) is 52.8 Å². The smallest absolute Gasteiger partial charge is 0.168 e. The lowest BCUT2D eigenvalue weighted by molar-refractivity contribution is 0.556. The van der Waals surface area contributed by atoms with Crippen molar-refractivity contribution in [1.82, 2.24) is 10.2 Å². The van der Waals surface area contributed by atoms with Crippen LogP contribution in [-0.2, 0) is 0 Å². The highest BCUT2D eigenvalue weighted by atomic mass is 15.2. The molecule has 0 aliphatic rings. The van der Waals surface area contributed by atoms with E-state index >= 15 is 0 Å². The molecule has 0 aromatic carbocycles. The van der Waals surface area contributed by atoms with E-state index in [1.807, 2.05) is 11.9 Å². The van der Waals surface area contributed by atoms with Gasteiger partial charge in [-0.05, 0) is 12.0 Å². The van der Waals surface area contributed by atoms with E-state index in [-0.39, 0.29) is 0 Å². The first-order valence-corrected chi connectivity index (χ1v) is 5.12. The molecule has 1 atom stereocenters. The first-order chi connectivity index (χ1) is 7.19. The molecule has 15 heavy (non-hydrogen) atoms. The van der Waals surface area contributed by atoms with Crippen LogP contribution in [0.2, 0.25) is 0 Å². The lowest BCUT2D eigenvalue weighted by Gasteiger charge is -2.21. The van der Waals surface area contributed by atoms with Crippen LogP contribution >= 0.6 is 0 Å². The van der Waals surface area contributed by atoms with Gasteiger partial charge in [0.2, 0.25) is 0 Å². The van der Waals surface area contributed by atoms with Crippen molar-refractivity contribution in [3.8, 4) is 6.07 Å². The van der Waals surface area contributed by atoms with Crippen molar-refractivity contribution in [3.05, 3.63) is 17.8 Å². The number of aromatic nitrogens is 2. The minimum absolute atomic E-state index is 0.579. The first kappa shape index (κ1) is 11.4. The van der Waals surface area contributed by atoms with Crippen molar-refractivity contribution in [2.45, 2.75) is 20.3 Å². The van der Waals surface area contributed by atoms with Crippen LogP contribution in [0, 0.1) is 17.2 Å². The Balaban J connectivity index is 2.82. The van der Waals surface area contributed by atoms with Crippen LogP contribution in [0.5, 0.6) is 0 Å². The highest BCUT2D eigenvalue weighted by molar-refractivity contribution is 5.51. The van der Waals surface area contributed by atoms with Gasteiger partial charge in [0.1, 0.15) is 6.07 Å². The molecule has 0 amide bonds. The summed E-state index contributed by atoms with van der Waals surface area (Å²) in [5.74, 6) is 1.25. The first-order valence-electron chi connectivity index (χ1n) is 5.12. The van der Waals surface area contributed by atoms with Gasteiger partial charge in [0.25, 0.3) is 0 Å². The molecule has 0 aliphatic carbocycles. The quantitative estimate of drug-likeness (QED) is 0.750. The Hall–Kier alpha value is -1.63. The highest BCUT2D eigenvalue weighted by Crippen LogP contribution is 2.15. The molecule has 1 heterocycles. The van der Waals surface area contributed by atoms with Crippen LogP contribution in [0.25, 0.3) is 0 Å². The zero-order valence-corrected chi connectivity index (χ0v) is 9.44. The van der Waals surface area contributed by atoms with Crippen LogP contribution in [0.3, 0.4) is 0 Å². The molecule has 1 aromatic rings. The number of hydrogen-bond donors (Lipinski definition) is 0. The SMILES string of the molecule is CCC(C)CN(C)c1nnccc1C#N. The average Bonchev–Trinajstić information content (AvgIpc) is 2.28. The molecule has 0 aliphatic heterocycles. The van der Waals surface area contributed by atoms with Gasteiger partial charge in [-0.3, -0.25) is 0 Å². The Morgan fingerprint density at radius 3 is 2.93 bits per heavy atom. The van der Waals surface area contributed by atoms with E-state index in [0.717, 1.165) is 13.0 Å². The molecule has 80 valence electrons. The second kappa shape index (κ2) is 5.30. The minimum Gasteiger partial charge on any atom is -0.357 e. The summed E-state index contributed by atoms with van der Waals surface area (Å²) in [7, 11) is 1.94. The molecule has 1 unspecified atom stereocenters. The molecular weight excluding hydrogens is 188 g/mol. The maximum atomic E-state index is 8.91. The Morgan fingerprint density at radius 1 is 1.60 bits per heavy atom. The molecule has 1 aromatic heterocycles. The summed E-state index contributed by atoms with van der Waals surface area (Å²) >= 11 is 0. The second-order valence-corrected chi connectivity index (χ2v) is 3.77. The van der Waals surface area contributed by atoms with Gasteiger partial charge < -0.3 is 4.90 Å². The van der Waals surface area contributed by atoms with Crippen molar-refractivity contribution in [1.29, 1.82) is 5.26 Å². The van der Waals surface area contributed by atoms with Gasteiger partial charge in [-0.25, -0.2) is 0 Å². The average molecular weight is 204 g/mol. The Labute approximate surface area is 90.5 Å². The van der Waals surface area contributed by atoms with Crippen molar-refractivity contribution < 1.29 is 0 Å². The summed E-state index contributed by atoms with van der Waals surface area (Å²) in [5, 5.41) is 16.7.